The van der Waals surface area contributed by atoms with Crippen LogP contribution in [0.1, 0.15) is 5.56 Å². The second-order valence-corrected chi connectivity index (χ2v) is 4.25. The number of benzene rings is 1. The molecule has 2 rings (SSSR count). The van der Waals surface area contributed by atoms with E-state index in [1.807, 2.05) is 24.3 Å². The third kappa shape index (κ3) is 3.33. The predicted octanol–water partition coefficient (Wildman–Crippen LogP) is 1.27. The molecule has 0 aliphatic rings. The number of aromatic amines is 1. The fraction of sp³-hybridized carbons (Fsp3) is 0.357. The first-order valence-electron chi connectivity index (χ1n) is 6.14. The molecule has 0 unspecified atom stereocenters. The molecule has 1 heterocycles. The number of rotatable bonds is 6. The van der Waals surface area contributed by atoms with E-state index >= 15 is 0 Å². The van der Waals surface area contributed by atoms with Crippen LogP contribution in [0.5, 0.6) is 5.75 Å². The summed E-state index contributed by atoms with van der Waals surface area (Å²) in [7, 11) is 3.26. The third-order valence-electron chi connectivity index (χ3n) is 2.93. The maximum absolute atomic E-state index is 11.9. The molecule has 2 aromatic rings. The van der Waals surface area contributed by atoms with Crippen molar-refractivity contribution in [1.82, 2.24) is 10.3 Å². The van der Waals surface area contributed by atoms with E-state index in [9.17, 15) is 4.79 Å². The molecule has 1 aromatic heterocycles. The summed E-state index contributed by atoms with van der Waals surface area (Å²) in [6.07, 6.45) is 0. The number of hydrogen-bond donors (Lipinski definition) is 2. The molecule has 0 bridgehead atoms. The second-order valence-electron chi connectivity index (χ2n) is 4.25. The second kappa shape index (κ2) is 6.36. The van der Waals surface area contributed by atoms with E-state index in [0.717, 1.165) is 23.2 Å². The molecule has 5 heteroatoms. The average Bonchev–Trinajstić information content (AvgIpc) is 2.43. The fourth-order valence-electron chi connectivity index (χ4n) is 1.88. The lowest BCUT2D eigenvalue weighted by Crippen LogP contribution is -2.23. The molecular weight excluding hydrogens is 244 g/mol. The van der Waals surface area contributed by atoms with Crippen molar-refractivity contribution in [2.24, 2.45) is 0 Å². The summed E-state index contributed by atoms with van der Waals surface area (Å²) in [5.41, 5.74) is 1.42. The largest absolute Gasteiger partial charge is 0.497 e. The molecule has 0 fully saturated rings. The molecule has 1 aromatic carbocycles. The Morgan fingerprint density at radius 2 is 2.11 bits per heavy atom. The summed E-state index contributed by atoms with van der Waals surface area (Å²) in [6.45, 7) is 1.87. The van der Waals surface area contributed by atoms with Crippen LogP contribution in [0.4, 0.5) is 0 Å². The van der Waals surface area contributed by atoms with Gasteiger partial charge in [-0.15, -0.1) is 0 Å². The first-order chi connectivity index (χ1) is 9.24. The molecule has 0 saturated heterocycles. The molecule has 0 radical (unpaired) electrons. The van der Waals surface area contributed by atoms with E-state index in [4.69, 9.17) is 9.47 Å². The Morgan fingerprint density at radius 3 is 2.84 bits per heavy atom. The van der Waals surface area contributed by atoms with Crippen LogP contribution in [0.15, 0.2) is 29.1 Å². The maximum atomic E-state index is 11.9. The van der Waals surface area contributed by atoms with Gasteiger partial charge >= 0.3 is 0 Å². The van der Waals surface area contributed by atoms with Gasteiger partial charge in [0, 0.05) is 31.8 Å². The topological polar surface area (TPSA) is 63.4 Å². The number of fused-ring (bicyclic) bond motifs is 1. The van der Waals surface area contributed by atoms with Gasteiger partial charge < -0.3 is 19.8 Å². The summed E-state index contributed by atoms with van der Waals surface area (Å²) in [6, 6.07) is 7.53. The Hall–Kier alpha value is -1.85. The van der Waals surface area contributed by atoms with Gasteiger partial charge in [0.15, 0.2) is 0 Å². The van der Waals surface area contributed by atoms with E-state index in [2.05, 4.69) is 10.3 Å². The highest BCUT2D eigenvalue weighted by Gasteiger charge is 2.03. The molecule has 0 aliphatic heterocycles. The summed E-state index contributed by atoms with van der Waals surface area (Å²) in [5.74, 6) is 0.731. The SMILES string of the molecule is COCCNCc1cc2ccc(OC)cc2[nH]c1=O. The van der Waals surface area contributed by atoms with Crippen molar-refractivity contribution in [3.05, 3.63) is 40.2 Å². The minimum Gasteiger partial charge on any atom is -0.497 e. The van der Waals surface area contributed by atoms with Gasteiger partial charge in [0.05, 0.1) is 19.2 Å². The van der Waals surface area contributed by atoms with E-state index in [-0.39, 0.29) is 5.56 Å². The molecule has 2 N–H and O–H groups in total. The Labute approximate surface area is 111 Å². The number of H-pyrrole nitrogens is 1. The highest BCUT2D eigenvalue weighted by Crippen LogP contribution is 2.18. The minimum atomic E-state index is -0.0781. The molecule has 0 spiro atoms. The Balaban J connectivity index is 2.21. The van der Waals surface area contributed by atoms with E-state index in [0.29, 0.717) is 18.7 Å². The highest BCUT2D eigenvalue weighted by molar-refractivity contribution is 5.80. The molecule has 0 amide bonds. The van der Waals surface area contributed by atoms with Crippen molar-refractivity contribution in [3.8, 4) is 5.75 Å². The zero-order valence-corrected chi connectivity index (χ0v) is 11.2. The minimum absolute atomic E-state index is 0.0781. The molecule has 19 heavy (non-hydrogen) atoms. The lowest BCUT2D eigenvalue weighted by Gasteiger charge is -2.06. The number of pyridine rings is 1. The van der Waals surface area contributed by atoms with E-state index in [1.54, 1.807) is 14.2 Å². The van der Waals surface area contributed by atoms with Crippen LogP contribution in [-0.4, -0.2) is 32.4 Å². The molecule has 0 aliphatic carbocycles. The van der Waals surface area contributed by atoms with Crippen LogP contribution in [0, 0.1) is 0 Å². The molecule has 102 valence electrons. The number of nitrogens with one attached hydrogen (secondary N) is 2. The van der Waals surface area contributed by atoms with Crippen LogP contribution in [0.2, 0.25) is 0 Å². The number of aromatic nitrogens is 1. The quantitative estimate of drug-likeness (QED) is 0.770. The first kappa shape index (κ1) is 13.6. The van der Waals surface area contributed by atoms with Crippen LogP contribution >= 0.6 is 0 Å². The van der Waals surface area contributed by atoms with Crippen LogP contribution < -0.4 is 15.6 Å². The lowest BCUT2D eigenvalue weighted by molar-refractivity contribution is 0.199. The smallest absolute Gasteiger partial charge is 0.252 e. The van der Waals surface area contributed by atoms with Gasteiger partial charge in [-0.1, -0.05) is 0 Å². The van der Waals surface area contributed by atoms with Crippen molar-refractivity contribution < 1.29 is 9.47 Å². The summed E-state index contributed by atoms with van der Waals surface area (Å²) in [4.78, 5) is 14.8. The van der Waals surface area contributed by atoms with Gasteiger partial charge in [0.1, 0.15) is 5.75 Å². The molecule has 0 saturated carbocycles. The standard InChI is InChI=1S/C14H18N2O3/c1-18-6-5-15-9-11-7-10-3-4-12(19-2)8-13(10)16-14(11)17/h3-4,7-8,15H,5-6,9H2,1-2H3,(H,16,17). The van der Waals surface area contributed by atoms with Crippen molar-refractivity contribution >= 4 is 10.9 Å². The van der Waals surface area contributed by atoms with Gasteiger partial charge in [-0.3, -0.25) is 4.79 Å². The molecule has 0 atom stereocenters. The predicted molar refractivity (Wildman–Crippen MR) is 74.7 cm³/mol. The lowest BCUT2D eigenvalue weighted by atomic mass is 10.1. The highest BCUT2D eigenvalue weighted by atomic mass is 16.5. The van der Waals surface area contributed by atoms with Gasteiger partial charge in [-0.05, 0) is 23.6 Å². The monoisotopic (exact) mass is 262 g/mol. The zero-order valence-electron chi connectivity index (χ0n) is 11.2. The van der Waals surface area contributed by atoms with E-state index in [1.165, 1.54) is 0 Å². The van der Waals surface area contributed by atoms with Gasteiger partial charge in [0.25, 0.3) is 5.56 Å². The van der Waals surface area contributed by atoms with Crippen LogP contribution in [-0.2, 0) is 11.3 Å². The zero-order chi connectivity index (χ0) is 13.7. The summed E-state index contributed by atoms with van der Waals surface area (Å²) >= 11 is 0. The van der Waals surface area contributed by atoms with Gasteiger partial charge in [-0.25, -0.2) is 0 Å². The van der Waals surface area contributed by atoms with Crippen LogP contribution in [0.3, 0.4) is 0 Å². The summed E-state index contributed by atoms with van der Waals surface area (Å²) in [5, 5.41) is 4.15. The number of ether oxygens (including phenoxy) is 2. The average molecular weight is 262 g/mol. The summed E-state index contributed by atoms with van der Waals surface area (Å²) < 4.78 is 10.1. The van der Waals surface area contributed by atoms with Gasteiger partial charge in [-0.2, -0.15) is 0 Å². The number of hydrogen-bond acceptors (Lipinski definition) is 4. The van der Waals surface area contributed by atoms with Crippen LogP contribution in [0.25, 0.3) is 10.9 Å². The first-order valence-corrected chi connectivity index (χ1v) is 6.14. The van der Waals surface area contributed by atoms with Crippen molar-refractivity contribution in [2.45, 2.75) is 6.54 Å². The van der Waals surface area contributed by atoms with Gasteiger partial charge in [0.2, 0.25) is 0 Å². The maximum Gasteiger partial charge on any atom is 0.252 e. The molecular formula is C14H18N2O3. The normalized spacial score (nSPS) is 10.8. The van der Waals surface area contributed by atoms with Crippen molar-refractivity contribution in [3.63, 3.8) is 0 Å². The van der Waals surface area contributed by atoms with Crippen molar-refractivity contribution in [2.75, 3.05) is 27.4 Å². The van der Waals surface area contributed by atoms with Crippen molar-refractivity contribution in [1.29, 1.82) is 0 Å². The van der Waals surface area contributed by atoms with E-state index < -0.39 is 0 Å². The number of methoxy groups -OCH3 is 2. The Morgan fingerprint density at radius 1 is 1.26 bits per heavy atom. The Bertz CT molecular complexity index is 607. The third-order valence-corrected chi connectivity index (χ3v) is 2.93. The fourth-order valence-corrected chi connectivity index (χ4v) is 1.88. The molecule has 5 nitrogen and oxygen atoms in total. The Kier molecular flexibility index (Phi) is 4.54.